The molecule has 3 heterocycles. The van der Waals surface area contributed by atoms with Gasteiger partial charge in [0.25, 0.3) is 5.89 Å². The second-order valence-electron chi connectivity index (χ2n) is 4.06. The van der Waals surface area contributed by atoms with Crippen LogP contribution in [0.3, 0.4) is 0 Å². The fourth-order valence-corrected chi connectivity index (χ4v) is 2.01. The molecule has 0 spiro atoms. The summed E-state index contributed by atoms with van der Waals surface area (Å²) in [7, 11) is 0. The smallest absolute Gasteiger partial charge is 0.255 e. The Balaban J connectivity index is 1.71. The molecule has 0 bridgehead atoms. The fraction of sp³-hybridized carbons (Fsp3) is 0.800. The first-order valence-electron chi connectivity index (χ1n) is 5.71. The van der Waals surface area contributed by atoms with Gasteiger partial charge in [-0.15, -0.1) is 0 Å². The lowest BCUT2D eigenvalue weighted by Gasteiger charge is -2.20. The van der Waals surface area contributed by atoms with Crippen LogP contribution in [0, 0.1) is 0 Å². The highest BCUT2D eigenvalue weighted by Crippen LogP contribution is 2.28. The van der Waals surface area contributed by atoms with Gasteiger partial charge >= 0.3 is 0 Å². The molecule has 0 saturated carbocycles. The second-order valence-corrected chi connectivity index (χ2v) is 4.06. The molecule has 6 heteroatoms. The summed E-state index contributed by atoms with van der Waals surface area (Å²) in [6.45, 7) is 3.09. The molecule has 1 aromatic rings. The van der Waals surface area contributed by atoms with Crippen LogP contribution in [0.25, 0.3) is 0 Å². The number of morpholine rings is 1. The summed E-state index contributed by atoms with van der Waals surface area (Å²) >= 11 is 0. The van der Waals surface area contributed by atoms with Crippen molar-refractivity contribution in [2.45, 2.75) is 25.0 Å². The molecule has 2 saturated heterocycles. The molecule has 2 fully saturated rings. The van der Waals surface area contributed by atoms with Gasteiger partial charge < -0.3 is 19.3 Å². The average molecular weight is 225 g/mol. The third kappa shape index (κ3) is 1.95. The number of rotatable bonds is 2. The molecular formula is C10H15N3O3. The molecule has 2 aliphatic rings. The first-order chi connectivity index (χ1) is 7.93. The second kappa shape index (κ2) is 4.48. The van der Waals surface area contributed by atoms with Gasteiger partial charge in [-0.25, -0.2) is 0 Å². The van der Waals surface area contributed by atoms with Gasteiger partial charge in [0.2, 0.25) is 5.82 Å². The molecule has 2 atom stereocenters. The summed E-state index contributed by atoms with van der Waals surface area (Å²) in [5.41, 5.74) is 0. The lowest BCUT2D eigenvalue weighted by atomic mass is 10.2. The van der Waals surface area contributed by atoms with E-state index in [9.17, 15) is 0 Å². The van der Waals surface area contributed by atoms with Crippen LogP contribution in [0.1, 0.15) is 36.8 Å². The van der Waals surface area contributed by atoms with Crippen LogP contribution < -0.4 is 5.32 Å². The highest BCUT2D eigenvalue weighted by atomic mass is 16.5. The number of ether oxygens (including phenoxy) is 2. The number of hydrogen-bond donors (Lipinski definition) is 1. The van der Waals surface area contributed by atoms with E-state index in [2.05, 4.69) is 15.5 Å². The van der Waals surface area contributed by atoms with Crippen molar-refractivity contribution in [2.75, 3.05) is 26.3 Å². The van der Waals surface area contributed by atoms with Crippen LogP contribution in [-0.2, 0) is 9.47 Å². The van der Waals surface area contributed by atoms with Crippen LogP contribution >= 0.6 is 0 Å². The maximum Gasteiger partial charge on any atom is 0.255 e. The van der Waals surface area contributed by atoms with Gasteiger partial charge in [0.05, 0.1) is 6.61 Å². The predicted molar refractivity (Wildman–Crippen MR) is 53.8 cm³/mol. The Bertz CT molecular complexity index is 343. The predicted octanol–water partition coefficient (Wildman–Crippen LogP) is 0.582. The van der Waals surface area contributed by atoms with E-state index in [-0.39, 0.29) is 12.2 Å². The van der Waals surface area contributed by atoms with E-state index in [4.69, 9.17) is 14.0 Å². The molecule has 2 unspecified atom stereocenters. The van der Waals surface area contributed by atoms with Crippen LogP contribution in [0.4, 0.5) is 0 Å². The Morgan fingerprint density at radius 2 is 2.12 bits per heavy atom. The van der Waals surface area contributed by atoms with Crippen molar-refractivity contribution in [1.82, 2.24) is 15.5 Å². The van der Waals surface area contributed by atoms with E-state index in [1.54, 1.807) is 0 Å². The Morgan fingerprint density at radius 1 is 1.19 bits per heavy atom. The van der Waals surface area contributed by atoms with E-state index in [0.717, 1.165) is 32.5 Å². The zero-order valence-corrected chi connectivity index (χ0v) is 9.02. The van der Waals surface area contributed by atoms with Gasteiger partial charge in [0.15, 0.2) is 0 Å². The molecule has 3 rings (SSSR count). The lowest BCUT2D eigenvalue weighted by molar-refractivity contribution is 0.0208. The van der Waals surface area contributed by atoms with E-state index in [0.29, 0.717) is 18.3 Å². The summed E-state index contributed by atoms with van der Waals surface area (Å²) in [5.74, 6) is 1.21. The molecule has 1 N–H and O–H groups in total. The van der Waals surface area contributed by atoms with Crippen LogP contribution in [-0.4, -0.2) is 36.4 Å². The molecule has 88 valence electrons. The maximum atomic E-state index is 5.55. The van der Waals surface area contributed by atoms with Crippen LogP contribution in [0.2, 0.25) is 0 Å². The molecule has 6 nitrogen and oxygen atoms in total. The number of hydrogen-bond acceptors (Lipinski definition) is 6. The normalized spacial score (nSPS) is 30.8. The fourth-order valence-electron chi connectivity index (χ4n) is 2.01. The first kappa shape index (κ1) is 10.2. The molecular weight excluding hydrogens is 210 g/mol. The number of aromatic nitrogens is 2. The molecule has 16 heavy (non-hydrogen) atoms. The van der Waals surface area contributed by atoms with Crippen molar-refractivity contribution in [1.29, 1.82) is 0 Å². The average Bonchev–Trinajstić information content (AvgIpc) is 3.01. The molecule has 0 radical (unpaired) electrons. The van der Waals surface area contributed by atoms with Crippen molar-refractivity contribution in [2.24, 2.45) is 0 Å². The van der Waals surface area contributed by atoms with E-state index >= 15 is 0 Å². The molecule has 1 aromatic heterocycles. The minimum absolute atomic E-state index is 0.0159. The minimum atomic E-state index is -0.0901. The summed E-state index contributed by atoms with van der Waals surface area (Å²) in [4.78, 5) is 4.35. The number of nitrogens with one attached hydrogen (secondary N) is 1. The lowest BCUT2D eigenvalue weighted by Crippen LogP contribution is -2.33. The van der Waals surface area contributed by atoms with Gasteiger partial charge in [-0.1, -0.05) is 5.16 Å². The SMILES string of the molecule is C1COC(c2nc(C3CNCCO3)no2)C1. The quantitative estimate of drug-likeness (QED) is 0.794. The van der Waals surface area contributed by atoms with Crippen molar-refractivity contribution < 1.29 is 14.0 Å². The van der Waals surface area contributed by atoms with Crippen molar-refractivity contribution in [3.8, 4) is 0 Å². The number of nitrogens with zero attached hydrogens (tertiary/aromatic N) is 2. The molecule has 0 aromatic carbocycles. The van der Waals surface area contributed by atoms with E-state index < -0.39 is 0 Å². The molecule has 0 aliphatic carbocycles. The third-order valence-electron chi connectivity index (χ3n) is 2.88. The third-order valence-corrected chi connectivity index (χ3v) is 2.88. The molecule has 0 amide bonds. The van der Waals surface area contributed by atoms with Gasteiger partial charge in [-0.05, 0) is 12.8 Å². The Hall–Kier alpha value is -0.980. The summed E-state index contributed by atoms with van der Waals surface area (Å²) in [6, 6.07) is 0. The highest BCUT2D eigenvalue weighted by Gasteiger charge is 2.27. The van der Waals surface area contributed by atoms with Gasteiger partial charge in [-0.3, -0.25) is 0 Å². The minimum Gasteiger partial charge on any atom is -0.368 e. The van der Waals surface area contributed by atoms with E-state index in [1.807, 2.05) is 0 Å². The largest absolute Gasteiger partial charge is 0.368 e. The van der Waals surface area contributed by atoms with Crippen LogP contribution in [0.15, 0.2) is 4.52 Å². The van der Waals surface area contributed by atoms with Gasteiger partial charge in [-0.2, -0.15) is 4.98 Å². The zero-order valence-electron chi connectivity index (χ0n) is 9.02. The monoisotopic (exact) mass is 225 g/mol. The van der Waals surface area contributed by atoms with Gasteiger partial charge in [0, 0.05) is 19.7 Å². The first-order valence-corrected chi connectivity index (χ1v) is 5.71. The zero-order chi connectivity index (χ0) is 10.8. The Morgan fingerprint density at radius 3 is 2.88 bits per heavy atom. The van der Waals surface area contributed by atoms with Crippen LogP contribution in [0.5, 0.6) is 0 Å². The Labute approximate surface area is 93.3 Å². The van der Waals surface area contributed by atoms with Crippen molar-refractivity contribution in [3.63, 3.8) is 0 Å². The van der Waals surface area contributed by atoms with E-state index in [1.165, 1.54) is 0 Å². The molecule has 2 aliphatic heterocycles. The highest BCUT2D eigenvalue weighted by molar-refractivity contribution is 4.96. The van der Waals surface area contributed by atoms with Crippen molar-refractivity contribution in [3.05, 3.63) is 11.7 Å². The summed E-state index contributed by atoms with van der Waals surface area (Å²) < 4.78 is 16.2. The van der Waals surface area contributed by atoms with Crippen molar-refractivity contribution >= 4 is 0 Å². The Kier molecular flexibility index (Phi) is 2.86. The van der Waals surface area contributed by atoms with Gasteiger partial charge in [0.1, 0.15) is 12.2 Å². The topological polar surface area (TPSA) is 69.4 Å². The summed E-state index contributed by atoms with van der Waals surface area (Å²) in [5, 5.41) is 7.19. The summed E-state index contributed by atoms with van der Waals surface area (Å²) in [6.07, 6.45) is 1.92. The maximum absolute atomic E-state index is 5.55. The standard InChI is InChI=1S/C10H15N3O3/c1-2-7(14-4-1)10-12-9(13-16-10)8-6-11-3-5-15-8/h7-8,11H,1-6H2.